The minimum Gasteiger partial charge on any atom is -0.0730 e. The smallest absolute Gasteiger partial charge is 0.0231 e. The van der Waals surface area contributed by atoms with Crippen LogP contribution in [-0.2, 0) is 0 Å². The lowest BCUT2D eigenvalue weighted by Crippen LogP contribution is -1.98. The van der Waals surface area contributed by atoms with Crippen LogP contribution < -0.4 is 0 Å². The molecule has 0 N–H and O–H groups in total. The van der Waals surface area contributed by atoms with Gasteiger partial charge in [-0.15, -0.1) is 0 Å². The van der Waals surface area contributed by atoms with Gasteiger partial charge in [0.1, 0.15) is 0 Å². The second kappa shape index (κ2) is 1.98. The molecule has 1 atom stereocenters. The molecule has 0 nitrogen and oxygen atoms in total. The Balaban J connectivity index is 2.39. The van der Waals surface area contributed by atoms with Crippen LogP contribution >= 0.6 is 0 Å². The minimum atomic E-state index is 0.588. The van der Waals surface area contributed by atoms with Gasteiger partial charge in [0.2, 0.25) is 0 Å². The van der Waals surface area contributed by atoms with Gasteiger partial charge in [0.15, 0.2) is 0 Å². The largest absolute Gasteiger partial charge is 0.0730 e. The molecule has 2 rings (SSSR count). The summed E-state index contributed by atoms with van der Waals surface area (Å²) >= 11 is 0. The van der Waals surface area contributed by atoms with Gasteiger partial charge in [0.05, 0.1) is 0 Å². The van der Waals surface area contributed by atoms with E-state index < -0.39 is 0 Å². The van der Waals surface area contributed by atoms with Crippen molar-refractivity contribution >= 4 is 0 Å². The predicted molar refractivity (Wildman–Crippen MR) is 43.6 cm³/mol. The van der Waals surface area contributed by atoms with Gasteiger partial charge < -0.3 is 0 Å². The van der Waals surface area contributed by atoms with Gasteiger partial charge in [0.25, 0.3) is 0 Å². The summed E-state index contributed by atoms with van der Waals surface area (Å²) in [4.78, 5) is 0. The molecule has 0 heteroatoms. The summed E-state index contributed by atoms with van der Waals surface area (Å²) in [5, 5.41) is 0. The standard InChI is InChI=1S/C10H10/c1-8-6-7-9-4-2-3-5-10(8)9/h2-7,10H,1H3. The number of hydrogen-bond donors (Lipinski definition) is 0. The summed E-state index contributed by atoms with van der Waals surface area (Å²) < 4.78 is 0. The Bertz CT molecular complexity index is 262. The monoisotopic (exact) mass is 130 g/mol. The second-order valence-corrected chi connectivity index (χ2v) is 2.80. The van der Waals surface area contributed by atoms with Gasteiger partial charge in [-0.05, 0) is 12.5 Å². The molecule has 0 aromatic rings. The molecule has 0 heterocycles. The molecule has 0 spiro atoms. The highest BCUT2D eigenvalue weighted by Gasteiger charge is 2.15. The van der Waals surface area contributed by atoms with Crippen molar-refractivity contribution < 1.29 is 0 Å². The summed E-state index contributed by atoms with van der Waals surface area (Å²) in [7, 11) is 0. The van der Waals surface area contributed by atoms with Crippen LogP contribution in [0.4, 0.5) is 0 Å². The summed E-state index contributed by atoms with van der Waals surface area (Å²) in [6.07, 6.45) is 13.0. The first-order valence-electron chi connectivity index (χ1n) is 3.61. The maximum Gasteiger partial charge on any atom is 0.0231 e. The normalized spacial score (nSPS) is 27.9. The van der Waals surface area contributed by atoms with Crippen molar-refractivity contribution in [1.29, 1.82) is 0 Å². The average molecular weight is 130 g/mol. The average Bonchev–Trinajstić information content (AvgIpc) is 2.34. The maximum atomic E-state index is 2.24. The first-order valence-corrected chi connectivity index (χ1v) is 3.61. The predicted octanol–water partition coefficient (Wildman–Crippen LogP) is 2.61. The molecule has 0 fully saturated rings. The van der Waals surface area contributed by atoms with Gasteiger partial charge in [-0.2, -0.15) is 0 Å². The van der Waals surface area contributed by atoms with Crippen molar-refractivity contribution in [3.8, 4) is 0 Å². The van der Waals surface area contributed by atoms with Crippen LogP contribution in [0.25, 0.3) is 0 Å². The number of hydrogen-bond acceptors (Lipinski definition) is 0. The molecule has 50 valence electrons. The first kappa shape index (κ1) is 5.72. The van der Waals surface area contributed by atoms with Crippen LogP contribution in [0.5, 0.6) is 0 Å². The van der Waals surface area contributed by atoms with Gasteiger partial charge in [-0.25, -0.2) is 0 Å². The number of allylic oxidation sites excluding steroid dienone is 8. The third-order valence-electron chi connectivity index (χ3n) is 2.09. The van der Waals surface area contributed by atoms with Crippen LogP contribution in [0.1, 0.15) is 6.92 Å². The molecular weight excluding hydrogens is 120 g/mol. The zero-order valence-electron chi connectivity index (χ0n) is 6.04. The summed E-state index contributed by atoms with van der Waals surface area (Å²) in [6, 6.07) is 0. The van der Waals surface area contributed by atoms with E-state index in [1.54, 1.807) is 0 Å². The Hall–Kier alpha value is -1.04. The Labute approximate surface area is 61.3 Å². The number of fused-ring (bicyclic) bond motifs is 1. The second-order valence-electron chi connectivity index (χ2n) is 2.80. The van der Waals surface area contributed by atoms with E-state index in [2.05, 4.69) is 43.4 Å². The van der Waals surface area contributed by atoms with E-state index >= 15 is 0 Å². The van der Waals surface area contributed by atoms with Gasteiger partial charge >= 0.3 is 0 Å². The van der Waals surface area contributed by atoms with E-state index in [1.807, 2.05) is 0 Å². The Morgan fingerprint density at radius 2 is 2.10 bits per heavy atom. The lowest BCUT2D eigenvalue weighted by Gasteiger charge is -2.11. The summed E-state index contributed by atoms with van der Waals surface area (Å²) in [5.41, 5.74) is 2.88. The molecule has 0 radical (unpaired) electrons. The highest BCUT2D eigenvalue weighted by molar-refractivity contribution is 5.46. The fourth-order valence-electron chi connectivity index (χ4n) is 1.46. The molecule has 0 aromatic heterocycles. The lowest BCUT2D eigenvalue weighted by atomic mass is 9.93. The van der Waals surface area contributed by atoms with Crippen LogP contribution in [0.3, 0.4) is 0 Å². The molecular formula is C10H10. The van der Waals surface area contributed by atoms with E-state index in [-0.39, 0.29) is 0 Å². The van der Waals surface area contributed by atoms with Crippen molar-refractivity contribution in [2.24, 2.45) is 5.92 Å². The van der Waals surface area contributed by atoms with Crippen LogP contribution in [-0.4, -0.2) is 0 Å². The van der Waals surface area contributed by atoms with E-state index in [0.29, 0.717) is 5.92 Å². The molecule has 2 aliphatic rings. The fourth-order valence-corrected chi connectivity index (χ4v) is 1.46. The van der Waals surface area contributed by atoms with E-state index in [4.69, 9.17) is 0 Å². The third kappa shape index (κ3) is 0.688. The molecule has 0 aliphatic heterocycles. The van der Waals surface area contributed by atoms with Crippen molar-refractivity contribution in [3.63, 3.8) is 0 Å². The van der Waals surface area contributed by atoms with Gasteiger partial charge in [-0.3, -0.25) is 0 Å². The van der Waals surface area contributed by atoms with Gasteiger partial charge in [-0.1, -0.05) is 42.0 Å². The molecule has 10 heavy (non-hydrogen) atoms. The fraction of sp³-hybridized carbons (Fsp3) is 0.200. The maximum absolute atomic E-state index is 2.24. The molecule has 0 bridgehead atoms. The van der Waals surface area contributed by atoms with Crippen molar-refractivity contribution in [2.75, 3.05) is 0 Å². The molecule has 2 aliphatic carbocycles. The Morgan fingerprint density at radius 1 is 1.20 bits per heavy atom. The molecule has 0 saturated carbocycles. The quantitative estimate of drug-likeness (QED) is 0.473. The Kier molecular flexibility index (Phi) is 1.13. The van der Waals surface area contributed by atoms with E-state index in [9.17, 15) is 0 Å². The molecule has 0 saturated heterocycles. The lowest BCUT2D eigenvalue weighted by molar-refractivity contribution is 0.938. The van der Waals surface area contributed by atoms with Crippen molar-refractivity contribution in [1.82, 2.24) is 0 Å². The summed E-state index contributed by atoms with van der Waals surface area (Å²) in [5.74, 6) is 0.588. The van der Waals surface area contributed by atoms with Crippen LogP contribution in [0.2, 0.25) is 0 Å². The van der Waals surface area contributed by atoms with Gasteiger partial charge in [0, 0.05) is 5.92 Å². The van der Waals surface area contributed by atoms with E-state index in [1.165, 1.54) is 11.1 Å². The molecule has 0 amide bonds. The van der Waals surface area contributed by atoms with Crippen LogP contribution in [0, 0.1) is 5.92 Å². The van der Waals surface area contributed by atoms with Crippen molar-refractivity contribution in [2.45, 2.75) is 6.92 Å². The third-order valence-corrected chi connectivity index (χ3v) is 2.09. The highest BCUT2D eigenvalue weighted by atomic mass is 14.2. The topological polar surface area (TPSA) is 0 Å². The summed E-state index contributed by atoms with van der Waals surface area (Å²) in [6.45, 7) is 2.18. The zero-order chi connectivity index (χ0) is 6.97. The SMILES string of the molecule is CC1=CC=C2C=CC=CC12. The highest BCUT2D eigenvalue weighted by Crippen LogP contribution is 2.30. The van der Waals surface area contributed by atoms with Crippen LogP contribution in [0.15, 0.2) is 47.6 Å². The minimum absolute atomic E-state index is 0.588. The van der Waals surface area contributed by atoms with Crippen molar-refractivity contribution in [3.05, 3.63) is 47.6 Å². The number of rotatable bonds is 0. The molecule has 0 aromatic carbocycles. The first-order chi connectivity index (χ1) is 4.88. The van der Waals surface area contributed by atoms with E-state index in [0.717, 1.165) is 0 Å². The zero-order valence-corrected chi connectivity index (χ0v) is 6.04. The molecule has 1 unspecified atom stereocenters. The Morgan fingerprint density at radius 3 is 2.90 bits per heavy atom.